The third-order valence-corrected chi connectivity index (χ3v) is 4.46. The standard InChI is InChI=1S/C15H19NO3S/c1-10-5-6-12(20-2)8-13(10)14(17)16-7-3-4-11(9-16)15(18)19/h5-6,8,11H,3-4,7,9H2,1-2H3,(H,18,19)/t11-/m1/s1. The van der Waals surface area contributed by atoms with E-state index in [9.17, 15) is 9.59 Å². The van der Waals surface area contributed by atoms with Gasteiger partial charge in [-0.3, -0.25) is 9.59 Å². The van der Waals surface area contributed by atoms with Gasteiger partial charge in [0.1, 0.15) is 0 Å². The van der Waals surface area contributed by atoms with E-state index in [1.807, 2.05) is 31.4 Å². The van der Waals surface area contributed by atoms with Crippen molar-refractivity contribution in [3.05, 3.63) is 29.3 Å². The lowest BCUT2D eigenvalue weighted by Crippen LogP contribution is -2.42. The number of carbonyl (C=O) groups is 2. The van der Waals surface area contributed by atoms with Crippen LogP contribution in [0.2, 0.25) is 0 Å². The monoisotopic (exact) mass is 293 g/mol. The first-order valence-electron chi connectivity index (χ1n) is 6.69. The fraction of sp³-hybridized carbons (Fsp3) is 0.467. The van der Waals surface area contributed by atoms with Gasteiger partial charge in [-0.05, 0) is 43.7 Å². The summed E-state index contributed by atoms with van der Waals surface area (Å²) in [6.07, 6.45) is 3.38. The first-order valence-corrected chi connectivity index (χ1v) is 7.92. The van der Waals surface area contributed by atoms with Gasteiger partial charge in [0.25, 0.3) is 5.91 Å². The zero-order valence-corrected chi connectivity index (χ0v) is 12.6. The number of carboxylic acid groups (broad SMARTS) is 1. The maximum absolute atomic E-state index is 12.6. The average molecular weight is 293 g/mol. The highest BCUT2D eigenvalue weighted by Gasteiger charge is 2.29. The lowest BCUT2D eigenvalue weighted by Gasteiger charge is -2.31. The Labute approximate surface area is 123 Å². The van der Waals surface area contributed by atoms with E-state index in [1.54, 1.807) is 16.7 Å². The van der Waals surface area contributed by atoms with Crippen molar-refractivity contribution in [2.75, 3.05) is 19.3 Å². The van der Waals surface area contributed by atoms with Crippen molar-refractivity contribution in [2.24, 2.45) is 5.92 Å². The number of benzene rings is 1. The molecule has 1 aromatic carbocycles. The quantitative estimate of drug-likeness (QED) is 0.870. The van der Waals surface area contributed by atoms with Gasteiger partial charge in [0.05, 0.1) is 5.92 Å². The van der Waals surface area contributed by atoms with Crippen LogP contribution in [0.25, 0.3) is 0 Å². The van der Waals surface area contributed by atoms with Crippen LogP contribution in [0.15, 0.2) is 23.1 Å². The van der Waals surface area contributed by atoms with Crippen molar-refractivity contribution >= 4 is 23.6 Å². The molecule has 5 heteroatoms. The number of hydrogen-bond acceptors (Lipinski definition) is 3. The maximum atomic E-state index is 12.6. The van der Waals surface area contributed by atoms with Crippen LogP contribution in [0.5, 0.6) is 0 Å². The van der Waals surface area contributed by atoms with Crippen molar-refractivity contribution in [3.63, 3.8) is 0 Å². The largest absolute Gasteiger partial charge is 0.481 e. The van der Waals surface area contributed by atoms with Crippen LogP contribution in [0.1, 0.15) is 28.8 Å². The minimum Gasteiger partial charge on any atom is -0.481 e. The predicted octanol–water partition coefficient (Wildman–Crippen LogP) is 2.65. The van der Waals surface area contributed by atoms with Gasteiger partial charge in [0.2, 0.25) is 0 Å². The van der Waals surface area contributed by atoms with E-state index in [0.29, 0.717) is 25.1 Å². The van der Waals surface area contributed by atoms with Crippen molar-refractivity contribution in [3.8, 4) is 0 Å². The Balaban J connectivity index is 2.20. The smallest absolute Gasteiger partial charge is 0.308 e. The molecular weight excluding hydrogens is 274 g/mol. The van der Waals surface area contributed by atoms with Gasteiger partial charge in [0.15, 0.2) is 0 Å². The van der Waals surface area contributed by atoms with E-state index in [1.165, 1.54) is 0 Å². The highest BCUT2D eigenvalue weighted by atomic mass is 32.2. The van der Waals surface area contributed by atoms with Crippen LogP contribution >= 0.6 is 11.8 Å². The van der Waals surface area contributed by atoms with Crippen molar-refractivity contribution in [1.82, 2.24) is 4.90 Å². The van der Waals surface area contributed by atoms with Crippen LogP contribution < -0.4 is 0 Å². The van der Waals surface area contributed by atoms with E-state index >= 15 is 0 Å². The number of amides is 1. The molecule has 0 aromatic heterocycles. The summed E-state index contributed by atoms with van der Waals surface area (Å²) in [5, 5.41) is 9.10. The van der Waals surface area contributed by atoms with E-state index in [0.717, 1.165) is 16.9 Å². The first-order chi connectivity index (χ1) is 9.52. The first kappa shape index (κ1) is 14.9. The Kier molecular flexibility index (Phi) is 4.70. The number of likely N-dealkylation sites (tertiary alicyclic amines) is 1. The van der Waals surface area contributed by atoms with E-state index in [-0.39, 0.29) is 5.91 Å². The number of piperidine rings is 1. The lowest BCUT2D eigenvalue weighted by atomic mass is 9.97. The summed E-state index contributed by atoms with van der Waals surface area (Å²) in [6, 6.07) is 5.83. The Bertz CT molecular complexity index is 530. The molecule has 0 saturated carbocycles. The number of thioether (sulfide) groups is 1. The summed E-state index contributed by atoms with van der Waals surface area (Å²) >= 11 is 1.60. The third-order valence-electron chi connectivity index (χ3n) is 3.73. The van der Waals surface area contributed by atoms with Crippen molar-refractivity contribution < 1.29 is 14.7 Å². The van der Waals surface area contributed by atoms with E-state index in [4.69, 9.17) is 5.11 Å². The summed E-state index contributed by atoms with van der Waals surface area (Å²) in [7, 11) is 0. The number of aryl methyl sites for hydroxylation is 1. The molecule has 2 rings (SSSR count). The lowest BCUT2D eigenvalue weighted by molar-refractivity contribution is -0.143. The summed E-state index contributed by atoms with van der Waals surface area (Å²) in [5.41, 5.74) is 1.62. The molecule has 1 heterocycles. The number of carboxylic acids is 1. The highest BCUT2D eigenvalue weighted by Crippen LogP contribution is 2.23. The number of nitrogens with zero attached hydrogens (tertiary/aromatic N) is 1. The van der Waals surface area contributed by atoms with E-state index in [2.05, 4.69) is 0 Å². The normalized spacial score (nSPS) is 18.9. The fourth-order valence-electron chi connectivity index (χ4n) is 2.49. The second-order valence-electron chi connectivity index (χ2n) is 5.11. The van der Waals surface area contributed by atoms with Gasteiger partial charge in [-0.25, -0.2) is 0 Å². The molecule has 0 bridgehead atoms. The second-order valence-corrected chi connectivity index (χ2v) is 5.99. The summed E-state index contributed by atoms with van der Waals surface area (Å²) in [4.78, 5) is 26.4. The number of rotatable bonds is 3. The Morgan fingerprint density at radius 1 is 1.40 bits per heavy atom. The minimum absolute atomic E-state index is 0.0515. The van der Waals surface area contributed by atoms with Gasteiger partial charge in [0, 0.05) is 23.5 Å². The fourth-order valence-corrected chi connectivity index (χ4v) is 2.93. The van der Waals surface area contributed by atoms with Gasteiger partial charge in [-0.2, -0.15) is 0 Å². The topological polar surface area (TPSA) is 57.6 Å². The van der Waals surface area contributed by atoms with Crippen LogP contribution in [-0.2, 0) is 4.79 Å². The summed E-state index contributed by atoms with van der Waals surface area (Å²) in [5.74, 6) is -1.29. The maximum Gasteiger partial charge on any atom is 0.308 e. The van der Waals surface area contributed by atoms with Gasteiger partial charge in [-0.15, -0.1) is 11.8 Å². The SMILES string of the molecule is CSc1ccc(C)c(C(=O)N2CCC[C@@H](C(=O)O)C2)c1. The van der Waals surface area contributed by atoms with Crippen LogP contribution in [0.4, 0.5) is 0 Å². The molecule has 1 aromatic rings. The molecular formula is C15H19NO3S. The molecule has 20 heavy (non-hydrogen) atoms. The highest BCUT2D eigenvalue weighted by molar-refractivity contribution is 7.98. The van der Waals surface area contributed by atoms with Crippen LogP contribution in [0, 0.1) is 12.8 Å². The Morgan fingerprint density at radius 2 is 2.15 bits per heavy atom. The zero-order valence-electron chi connectivity index (χ0n) is 11.8. The molecule has 1 aliphatic rings. The molecule has 1 atom stereocenters. The molecule has 1 saturated heterocycles. The average Bonchev–Trinajstić information content (AvgIpc) is 2.47. The molecule has 1 N–H and O–H groups in total. The number of aliphatic carboxylic acids is 1. The number of carbonyl (C=O) groups excluding carboxylic acids is 1. The van der Waals surface area contributed by atoms with E-state index < -0.39 is 11.9 Å². The van der Waals surface area contributed by atoms with Gasteiger partial charge < -0.3 is 10.0 Å². The van der Waals surface area contributed by atoms with Crippen LogP contribution in [-0.4, -0.2) is 41.2 Å². The molecule has 0 spiro atoms. The molecule has 4 nitrogen and oxygen atoms in total. The second kappa shape index (κ2) is 6.31. The Morgan fingerprint density at radius 3 is 2.80 bits per heavy atom. The minimum atomic E-state index is -0.808. The van der Waals surface area contributed by atoms with Crippen molar-refractivity contribution in [1.29, 1.82) is 0 Å². The van der Waals surface area contributed by atoms with Gasteiger partial charge in [-0.1, -0.05) is 6.07 Å². The molecule has 108 valence electrons. The summed E-state index contributed by atoms with van der Waals surface area (Å²) < 4.78 is 0. The third kappa shape index (κ3) is 3.15. The number of hydrogen-bond donors (Lipinski definition) is 1. The molecule has 0 aliphatic carbocycles. The van der Waals surface area contributed by atoms with Gasteiger partial charge >= 0.3 is 5.97 Å². The molecule has 1 aliphatic heterocycles. The summed E-state index contributed by atoms with van der Waals surface area (Å²) in [6.45, 7) is 2.87. The van der Waals surface area contributed by atoms with Crippen LogP contribution in [0.3, 0.4) is 0 Å². The molecule has 0 radical (unpaired) electrons. The predicted molar refractivity (Wildman–Crippen MR) is 79.2 cm³/mol. The zero-order chi connectivity index (χ0) is 14.7. The Hall–Kier alpha value is -1.49. The molecule has 0 unspecified atom stereocenters. The molecule has 1 amide bonds. The molecule has 1 fully saturated rings. The van der Waals surface area contributed by atoms with Crippen molar-refractivity contribution in [2.45, 2.75) is 24.7 Å².